The van der Waals surface area contributed by atoms with Crippen molar-refractivity contribution in [3.05, 3.63) is 36.3 Å². The van der Waals surface area contributed by atoms with Gasteiger partial charge in [-0.15, -0.1) is 0 Å². The number of hydrogen-bond donors (Lipinski definition) is 0. The van der Waals surface area contributed by atoms with Crippen molar-refractivity contribution >= 4 is 17.2 Å². The minimum Gasteiger partial charge on any atom is -0.298 e. The molecule has 0 unspecified atom stereocenters. The van der Waals surface area contributed by atoms with Crippen molar-refractivity contribution in [2.75, 3.05) is 0 Å². The molecule has 0 radical (unpaired) electrons. The van der Waals surface area contributed by atoms with Gasteiger partial charge in [-0.1, -0.05) is 0 Å². The lowest BCUT2D eigenvalue weighted by Gasteiger charge is -1.94. The van der Waals surface area contributed by atoms with Gasteiger partial charge >= 0.3 is 0 Å². The Balaban J connectivity index is 2.75. The predicted octanol–water partition coefficient (Wildman–Crippen LogP) is 1.44. The van der Waals surface area contributed by atoms with E-state index in [1.807, 2.05) is 6.07 Å². The molecule has 58 valence electrons. The first-order chi connectivity index (χ1) is 5.90. The highest BCUT2D eigenvalue weighted by atomic mass is 16.1. The molecule has 2 rings (SSSR count). The maximum Gasteiger partial charge on any atom is 0.151 e. The average molecular weight is 158 g/mol. The van der Waals surface area contributed by atoms with Crippen LogP contribution in [0.1, 0.15) is 10.4 Å². The first kappa shape index (κ1) is 6.91. The molecule has 0 spiro atoms. The van der Waals surface area contributed by atoms with Crippen LogP contribution in [0.25, 0.3) is 10.9 Å². The summed E-state index contributed by atoms with van der Waals surface area (Å²) >= 11 is 0. The molecule has 12 heavy (non-hydrogen) atoms. The number of nitrogens with zero attached hydrogens (tertiary/aromatic N) is 2. The summed E-state index contributed by atoms with van der Waals surface area (Å²) in [7, 11) is 0. The van der Waals surface area contributed by atoms with Gasteiger partial charge in [0.25, 0.3) is 0 Å². The molecular weight excluding hydrogens is 152 g/mol. The fourth-order valence-electron chi connectivity index (χ4n) is 1.05. The fourth-order valence-corrected chi connectivity index (χ4v) is 1.05. The van der Waals surface area contributed by atoms with Crippen molar-refractivity contribution in [2.24, 2.45) is 0 Å². The zero-order valence-corrected chi connectivity index (χ0v) is 6.27. The predicted molar refractivity (Wildman–Crippen MR) is 44.9 cm³/mol. The van der Waals surface area contributed by atoms with Gasteiger partial charge in [0.15, 0.2) is 6.29 Å². The number of carbonyl (C=O) groups excluding carboxylic acids is 1. The van der Waals surface area contributed by atoms with E-state index in [-0.39, 0.29) is 0 Å². The van der Waals surface area contributed by atoms with Crippen molar-refractivity contribution < 1.29 is 4.79 Å². The van der Waals surface area contributed by atoms with Crippen molar-refractivity contribution in [3.63, 3.8) is 0 Å². The minimum atomic E-state index is 0.591. The summed E-state index contributed by atoms with van der Waals surface area (Å²) < 4.78 is 0. The van der Waals surface area contributed by atoms with E-state index in [0.717, 1.165) is 17.2 Å². The van der Waals surface area contributed by atoms with E-state index < -0.39 is 0 Å². The topological polar surface area (TPSA) is 42.9 Å². The Bertz CT molecular complexity index is 426. The van der Waals surface area contributed by atoms with Gasteiger partial charge in [-0.3, -0.25) is 14.8 Å². The number of rotatable bonds is 1. The van der Waals surface area contributed by atoms with Crippen LogP contribution in [-0.2, 0) is 0 Å². The Kier molecular flexibility index (Phi) is 1.55. The van der Waals surface area contributed by atoms with Gasteiger partial charge in [0.2, 0.25) is 0 Å². The SMILES string of the molecule is O=Cc1cnc2cnccc2c1. The van der Waals surface area contributed by atoms with Crippen LogP contribution in [0.2, 0.25) is 0 Å². The van der Waals surface area contributed by atoms with Gasteiger partial charge < -0.3 is 0 Å². The van der Waals surface area contributed by atoms with Crippen molar-refractivity contribution in [2.45, 2.75) is 0 Å². The molecule has 0 bridgehead atoms. The molecule has 0 N–H and O–H groups in total. The smallest absolute Gasteiger partial charge is 0.151 e. The Morgan fingerprint density at radius 1 is 1.33 bits per heavy atom. The summed E-state index contributed by atoms with van der Waals surface area (Å²) in [6.07, 6.45) is 5.67. The molecular formula is C9H6N2O. The number of hydrogen-bond acceptors (Lipinski definition) is 3. The molecule has 2 aromatic heterocycles. The van der Waals surface area contributed by atoms with Crippen LogP contribution in [0.4, 0.5) is 0 Å². The maximum atomic E-state index is 10.4. The third-order valence-corrected chi connectivity index (χ3v) is 1.64. The largest absolute Gasteiger partial charge is 0.298 e. The monoisotopic (exact) mass is 158 g/mol. The molecule has 0 atom stereocenters. The lowest BCUT2D eigenvalue weighted by Crippen LogP contribution is -1.84. The second-order valence-electron chi connectivity index (χ2n) is 2.45. The van der Waals surface area contributed by atoms with Gasteiger partial charge in [0.05, 0.1) is 11.7 Å². The van der Waals surface area contributed by atoms with Crippen LogP contribution in [0.3, 0.4) is 0 Å². The third kappa shape index (κ3) is 1.05. The second kappa shape index (κ2) is 2.70. The van der Waals surface area contributed by atoms with E-state index >= 15 is 0 Å². The molecule has 0 fully saturated rings. The molecule has 0 aliphatic heterocycles. The lowest BCUT2D eigenvalue weighted by atomic mass is 10.2. The van der Waals surface area contributed by atoms with Crippen LogP contribution < -0.4 is 0 Å². The van der Waals surface area contributed by atoms with Gasteiger partial charge in [0, 0.05) is 23.3 Å². The molecule has 0 saturated carbocycles. The fraction of sp³-hybridized carbons (Fsp3) is 0. The van der Waals surface area contributed by atoms with E-state index in [9.17, 15) is 4.79 Å². The van der Waals surface area contributed by atoms with E-state index in [2.05, 4.69) is 9.97 Å². The normalized spacial score (nSPS) is 10.0. The summed E-state index contributed by atoms with van der Waals surface area (Å²) in [5.41, 5.74) is 1.40. The highest BCUT2D eigenvalue weighted by molar-refractivity contribution is 5.84. The van der Waals surface area contributed by atoms with Crippen LogP contribution in [0.15, 0.2) is 30.7 Å². The molecule has 0 aliphatic rings. The summed E-state index contributed by atoms with van der Waals surface area (Å²) in [4.78, 5) is 18.4. The van der Waals surface area contributed by atoms with Crippen molar-refractivity contribution in [1.29, 1.82) is 0 Å². The first-order valence-corrected chi connectivity index (χ1v) is 3.55. The summed E-state index contributed by atoms with van der Waals surface area (Å²) in [5, 5.41) is 0.939. The highest BCUT2D eigenvalue weighted by Crippen LogP contribution is 2.09. The Morgan fingerprint density at radius 2 is 2.25 bits per heavy atom. The lowest BCUT2D eigenvalue weighted by molar-refractivity contribution is 0.112. The van der Waals surface area contributed by atoms with Crippen LogP contribution in [-0.4, -0.2) is 16.3 Å². The van der Waals surface area contributed by atoms with Gasteiger partial charge in [-0.25, -0.2) is 0 Å². The maximum absolute atomic E-state index is 10.4. The molecule has 3 nitrogen and oxygen atoms in total. The molecule has 0 aliphatic carbocycles. The summed E-state index contributed by atoms with van der Waals surface area (Å²) in [6, 6.07) is 3.62. The van der Waals surface area contributed by atoms with E-state index in [1.165, 1.54) is 6.20 Å². The van der Waals surface area contributed by atoms with E-state index in [0.29, 0.717) is 5.56 Å². The number of pyridine rings is 2. The summed E-state index contributed by atoms with van der Waals surface area (Å²) in [6.45, 7) is 0. The van der Waals surface area contributed by atoms with Gasteiger partial charge in [0.1, 0.15) is 0 Å². The quantitative estimate of drug-likeness (QED) is 0.590. The summed E-state index contributed by atoms with van der Waals surface area (Å²) in [5.74, 6) is 0. The standard InChI is InChI=1S/C9H6N2O/c12-6-7-3-8-1-2-10-5-9(8)11-4-7/h1-6H. The Morgan fingerprint density at radius 3 is 3.08 bits per heavy atom. The van der Waals surface area contributed by atoms with Gasteiger partial charge in [-0.05, 0) is 12.1 Å². The van der Waals surface area contributed by atoms with E-state index in [4.69, 9.17) is 0 Å². The van der Waals surface area contributed by atoms with Gasteiger partial charge in [-0.2, -0.15) is 0 Å². The number of aromatic nitrogens is 2. The number of aldehydes is 1. The number of fused-ring (bicyclic) bond motifs is 1. The number of carbonyl (C=O) groups is 1. The van der Waals surface area contributed by atoms with E-state index in [1.54, 1.807) is 18.5 Å². The van der Waals surface area contributed by atoms with Crippen LogP contribution >= 0.6 is 0 Å². The highest BCUT2D eigenvalue weighted by Gasteiger charge is 1.94. The minimum absolute atomic E-state index is 0.591. The average Bonchev–Trinajstić information content (AvgIpc) is 2.17. The van der Waals surface area contributed by atoms with Crippen molar-refractivity contribution in [3.8, 4) is 0 Å². The molecule has 2 aromatic rings. The first-order valence-electron chi connectivity index (χ1n) is 3.55. The zero-order chi connectivity index (χ0) is 8.39. The third-order valence-electron chi connectivity index (χ3n) is 1.64. The molecule has 0 saturated heterocycles. The van der Waals surface area contributed by atoms with Crippen LogP contribution in [0, 0.1) is 0 Å². The second-order valence-corrected chi connectivity index (χ2v) is 2.45. The van der Waals surface area contributed by atoms with Crippen molar-refractivity contribution in [1.82, 2.24) is 9.97 Å². The molecule has 0 amide bonds. The molecule has 0 aromatic carbocycles. The Labute approximate surface area is 69.1 Å². The molecule has 3 heteroatoms. The van der Waals surface area contributed by atoms with Crippen LogP contribution in [0.5, 0.6) is 0 Å². The molecule has 2 heterocycles. The Hall–Kier alpha value is -1.77. The zero-order valence-electron chi connectivity index (χ0n) is 6.27.